The van der Waals surface area contributed by atoms with Crippen molar-refractivity contribution in [2.45, 2.75) is 13.5 Å². The number of rotatable bonds is 3. The maximum atomic E-state index is 13.1. The van der Waals surface area contributed by atoms with Crippen LogP contribution >= 0.6 is 0 Å². The fourth-order valence-corrected chi connectivity index (χ4v) is 1.53. The molecule has 1 heterocycles. The van der Waals surface area contributed by atoms with E-state index >= 15 is 0 Å². The van der Waals surface area contributed by atoms with Crippen LogP contribution in [0.2, 0.25) is 0 Å². The van der Waals surface area contributed by atoms with Crippen LogP contribution in [0.4, 0.5) is 4.39 Å². The molecule has 0 saturated heterocycles. The first kappa shape index (κ1) is 11.3. The molecule has 5 heteroatoms. The monoisotopic (exact) mass is 233 g/mol. The van der Waals surface area contributed by atoms with Gasteiger partial charge in [-0.1, -0.05) is 0 Å². The Kier molecular flexibility index (Phi) is 3.18. The summed E-state index contributed by atoms with van der Waals surface area (Å²) >= 11 is 0. The Morgan fingerprint density at radius 1 is 1.47 bits per heavy atom. The molecule has 0 aliphatic heterocycles. The van der Waals surface area contributed by atoms with E-state index in [1.807, 2.05) is 0 Å². The zero-order valence-electron chi connectivity index (χ0n) is 9.33. The summed E-state index contributed by atoms with van der Waals surface area (Å²) in [4.78, 5) is 11.7. The predicted octanol–water partition coefficient (Wildman–Crippen LogP) is 1.79. The molecule has 0 aliphatic rings. The topological polar surface area (TPSA) is 57.8 Å². The van der Waals surface area contributed by atoms with E-state index in [-0.39, 0.29) is 5.91 Å². The number of carbonyl (C=O) groups is 1. The van der Waals surface area contributed by atoms with Crippen molar-refractivity contribution in [2.75, 3.05) is 0 Å². The van der Waals surface area contributed by atoms with E-state index in [0.717, 1.165) is 11.1 Å². The third kappa shape index (κ3) is 2.90. The summed E-state index contributed by atoms with van der Waals surface area (Å²) in [7, 11) is 0. The molecule has 0 atom stereocenters. The number of benzene rings is 1. The van der Waals surface area contributed by atoms with Crippen LogP contribution in [0.3, 0.4) is 0 Å². The summed E-state index contributed by atoms with van der Waals surface area (Å²) in [5.41, 5.74) is 1.91. The van der Waals surface area contributed by atoms with Gasteiger partial charge in [-0.3, -0.25) is 9.89 Å². The normalized spacial score (nSPS) is 10.2. The number of aromatic amines is 1. The number of aryl methyl sites for hydroxylation is 1. The van der Waals surface area contributed by atoms with Crippen LogP contribution in [0, 0.1) is 12.7 Å². The first-order valence-corrected chi connectivity index (χ1v) is 5.18. The Morgan fingerprint density at radius 3 is 2.94 bits per heavy atom. The molecule has 0 aliphatic carbocycles. The Morgan fingerprint density at radius 2 is 2.29 bits per heavy atom. The molecule has 1 aromatic carbocycles. The SMILES string of the molecule is Cc1cc(F)cc(C(=O)NCc2cn[nH]c2)c1. The molecular weight excluding hydrogens is 221 g/mol. The van der Waals surface area contributed by atoms with Crippen LogP contribution in [0.25, 0.3) is 0 Å². The van der Waals surface area contributed by atoms with Gasteiger partial charge < -0.3 is 5.32 Å². The van der Waals surface area contributed by atoms with E-state index in [9.17, 15) is 9.18 Å². The number of halogens is 1. The third-order valence-corrected chi connectivity index (χ3v) is 2.31. The van der Waals surface area contributed by atoms with Gasteiger partial charge in [-0.2, -0.15) is 5.10 Å². The molecule has 0 spiro atoms. The summed E-state index contributed by atoms with van der Waals surface area (Å²) in [5, 5.41) is 9.11. The van der Waals surface area contributed by atoms with Gasteiger partial charge in [0.25, 0.3) is 5.91 Å². The summed E-state index contributed by atoms with van der Waals surface area (Å²) in [6, 6.07) is 4.25. The molecule has 2 aromatic rings. The molecule has 0 unspecified atom stereocenters. The molecule has 1 aromatic heterocycles. The van der Waals surface area contributed by atoms with Crippen molar-refractivity contribution in [2.24, 2.45) is 0 Å². The molecule has 2 N–H and O–H groups in total. The van der Waals surface area contributed by atoms with Crippen LogP contribution in [-0.4, -0.2) is 16.1 Å². The van der Waals surface area contributed by atoms with Gasteiger partial charge in [-0.25, -0.2) is 4.39 Å². The number of hydrogen-bond acceptors (Lipinski definition) is 2. The lowest BCUT2D eigenvalue weighted by Gasteiger charge is -2.04. The van der Waals surface area contributed by atoms with Gasteiger partial charge in [0.05, 0.1) is 6.20 Å². The summed E-state index contributed by atoms with van der Waals surface area (Å²) in [6.07, 6.45) is 3.31. The summed E-state index contributed by atoms with van der Waals surface area (Å²) < 4.78 is 13.1. The third-order valence-electron chi connectivity index (χ3n) is 2.31. The minimum Gasteiger partial charge on any atom is -0.348 e. The van der Waals surface area contributed by atoms with E-state index in [1.54, 1.807) is 25.4 Å². The van der Waals surface area contributed by atoms with Crippen molar-refractivity contribution >= 4 is 5.91 Å². The van der Waals surface area contributed by atoms with Crippen molar-refractivity contribution in [1.29, 1.82) is 0 Å². The van der Waals surface area contributed by atoms with Gasteiger partial charge in [-0.15, -0.1) is 0 Å². The molecule has 0 radical (unpaired) electrons. The first-order chi connectivity index (χ1) is 8.15. The lowest BCUT2D eigenvalue weighted by molar-refractivity contribution is 0.0950. The highest BCUT2D eigenvalue weighted by atomic mass is 19.1. The van der Waals surface area contributed by atoms with E-state index in [1.165, 1.54) is 12.1 Å². The maximum absolute atomic E-state index is 13.1. The standard InChI is InChI=1S/C12H12FN3O/c1-8-2-10(4-11(13)3-8)12(17)14-5-9-6-15-16-7-9/h2-4,6-7H,5H2,1H3,(H,14,17)(H,15,16). The van der Waals surface area contributed by atoms with Gasteiger partial charge in [0.15, 0.2) is 0 Å². The summed E-state index contributed by atoms with van der Waals surface area (Å²) in [5.74, 6) is -0.702. The largest absolute Gasteiger partial charge is 0.348 e. The van der Waals surface area contributed by atoms with E-state index in [4.69, 9.17) is 0 Å². The Bertz CT molecular complexity index is 502. The van der Waals surface area contributed by atoms with Gasteiger partial charge in [0.1, 0.15) is 5.82 Å². The molecule has 17 heavy (non-hydrogen) atoms. The minimum absolute atomic E-state index is 0.297. The van der Waals surface area contributed by atoms with Crippen LogP contribution in [0.15, 0.2) is 30.6 Å². The quantitative estimate of drug-likeness (QED) is 0.849. The Labute approximate surface area is 97.9 Å². The second kappa shape index (κ2) is 4.78. The van der Waals surface area contributed by atoms with Crippen LogP contribution in [0.5, 0.6) is 0 Å². The first-order valence-electron chi connectivity index (χ1n) is 5.18. The van der Waals surface area contributed by atoms with Crippen molar-refractivity contribution in [1.82, 2.24) is 15.5 Å². The average Bonchev–Trinajstić information content (AvgIpc) is 2.77. The molecule has 4 nitrogen and oxygen atoms in total. The number of amides is 1. The molecule has 0 saturated carbocycles. The lowest BCUT2D eigenvalue weighted by Crippen LogP contribution is -2.22. The number of nitrogens with zero attached hydrogens (tertiary/aromatic N) is 1. The number of H-pyrrole nitrogens is 1. The molecule has 0 bridgehead atoms. The van der Waals surface area contributed by atoms with Crippen LogP contribution in [-0.2, 0) is 6.54 Å². The molecular formula is C12H12FN3O. The second-order valence-corrected chi connectivity index (χ2v) is 3.81. The van der Waals surface area contributed by atoms with Crippen LogP contribution in [0.1, 0.15) is 21.5 Å². The fraction of sp³-hybridized carbons (Fsp3) is 0.167. The number of hydrogen-bond donors (Lipinski definition) is 2. The maximum Gasteiger partial charge on any atom is 0.251 e. The highest BCUT2D eigenvalue weighted by Crippen LogP contribution is 2.08. The predicted molar refractivity (Wildman–Crippen MR) is 60.9 cm³/mol. The Hall–Kier alpha value is -2.17. The lowest BCUT2D eigenvalue weighted by atomic mass is 10.1. The summed E-state index contributed by atoms with van der Waals surface area (Å²) in [6.45, 7) is 2.11. The highest BCUT2D eigenvalue weighted by Gasteiger charge is 2.07. The smallest absolute Gasteiger partial charge is 0.251 e. The number of aromatic nitrogens is 2. The van der Waals surface area contributed by atoms with Gasteiger partial charge in [0.2, 0.25) is 0 Å². The van der Waals surface area contributed by atoms with E-state index in [2.05, 4.69) is 15.5 Å². The zero-order chi connectivity index (χ0) is 12.3. The van der Waals surface area contributed by atoms with Gasteiger partial charge >= 0.3 is 0 Å². The zero-order valence-corrected chi connectivity index (χ0v) is 9.33. The Balaban J connectivity index is 2.04. The fourth-order valence-electron chi connectivity index (χ4n) is 1.53. The highest BCUT2D eigenvalue weighted by molar-refractivity contribution is 5.94. The van der Waals surface area contributed by atoms with Crippen molar-refractivity contribution < 1.29 is 9.18 Å². The number of nitrogens with one attached hydrogen (secondary N) is 2. The molecule has 0 fully saturated rings. The minimum atomic E-state index is -0.404. The van der Waals surface area contributed by atoms with Gasteiger partial charge in [0, 0.05) is 23.9 Å². The van der Waals surface area contributed by atoms with E-state index < -0.39 is 5.82 Å². The number of carbonyl (C=O) groups excluding carboxylic acids is 1. The van der Waals surface area contributed by atoms with Crippen molar-refractivity contribution in [3.05, 3.63) is 53.1 Å². The van der Waals surface area contributed by atoms with Gasteiger partial charge in [-0.05, 0) is 30.7 Å². The van der Waals surface area contributed by atoms with Crippen LogP contribution < -0.4 is 5.32 Å². The molecule has 88 valence electrons. The van der Waals surface area contributed by atoms with Crippen molar-refractivity contribution in [3.8, 4) is 0 Å². The average molecular weight is 233 g/mol. The molecule has 1 amide bonds. The molecule has 2 rings (SSSR count). The van der Waals surface area contributed by atoms with Crippen molar-refractivity contribution in [3.63, 3.8) is 0 Å². The second-order valence-electron chi connectivity index (χ2n) is 3.81. The van der Waals surface area contributed by atoms with E-state index in [0.29, 0.717) is 12.1 Å².